The Kier molecular flexibility index (Phi) is 2.68. The molecule has 0 spiro atoms. The molecule has 0 saturated heterocycles. The molecule has 2 rings (SSSR count). The predicted octanol–water partition coefficient (Wildman–Crippen LogP) is 1.84. The molecule has 3 nitrogen and oxygen atoms in total. The molecule has 16 heavy (non-hydrogen) atoms. The third-order valence-corrected chi connectivity index (χ3v) is 3.36. The second-order valence-electron chi connectivity index (χ2n) is 4.83. The van der Waals surface area contributed by atoms with Gasteiger partial charge in [-0.1, -0.05) is 6.07 Å². The van der Waals surface area contributed by atoms with Crippen molar-refractivity contribution in [1.82, 2.24) is 0 Å². The number of aliphatic hydroxyl groups is 1. The van der Waals surface area contributed by atoms with Crippen molar-refractivity contribution >= 4 is 0 Å². The highest BCUT2D eigenvalue weighted by Crippen LogP contribution is 2.46. The van der Waals surface area contributed by atoms with Crippen LogP contribution in [-0.2, 0) is 0 Å². The maximum atomic E-state index is 10.3. The molecule has 1 aromatic carbocycles. The summed E-state index contributed by atoms with van der Waals surface area (Å²) >= 11 is 0. The number of benzene rings is 1. The standard InChI is InChI=1S/C13H19NO2/c1-8-6-9(2)11(10(7-8)16-3)12(15)13(14)4-5-13/h6-7,12,15H,4-5,14H2,1-3H3. The van der Waals surface area contributed by atoms with Crippen LogP contribution in [-0.4, -0.2) is 17.8 Å². The highest BCUT2D eigenvalue weighted by Gasteiger charge is 2.47. The highest BCUT2D eigenvalue weighted by atomic mass is 16.5. The number of ether oxygens (including phenoxy) is 1. The first kappa shape index (κ1) is 11.4. The number of nitrogens with two attached hydrogens (primary N) is 1. The monoisotopic (exact) mass is 221 g/mol. The van der Waals surface area contributed by atoms with Gasteiger partial charge in [0.15, 0.2) is 0 Å². The van der Waals surface area contributed by atoms with E-state index in [1.807, 2.05) is 26.0 Å². The summed E-state index contributed by atoms with van der Waals surface area (Å²) in [5.74, 6) is 0.738. The Bertz CT molecular complexity index is 411. The van der Waals surface area contributed by atoms with E-state index >= 15 is 0 Å². The van der Waals surface area contributed by atoms with Crippen LogP contribution in [0.1, 0.15) is 35.6 Å². The van der Waals surface area contributed by atoms with Crippen molar-refractivity contribution in [3.8, 4) is 5.75 Å². The van der Waals surface area contributed by atoms with Gasteiger partial charge >= 0.3 is 0 Å². The third-order valence-electron chi connectivity index (χ3n) is 3.36. The molecule has 1 fully saturated rings. The van der Waals surface area contributed by atoms with Gasteiger partial charge in [0, 0.05) is 11.1 Å². The molecule has 1 aromatic rings. The number of aryl methyl sites for hydroxylation is 2. The van der Waals surface area contributed by atoms with Crippen molar-refractivity contribution < 1.29 is 9.84 Å². The van der Waals surface area contributed by atoms with Gasteiger partial charge in [-0.2, -0.15) is 0 Å². The smallest absolute Gasteiger partial charge is 0.125 e. The number of hydrogen-bond donors (Lipinski definition) is 2. The maximum Gasteiger partial charge on any atom is 0.125 e. The lowest BCUT2D eigenvalue weighted by atomic mass is 9.94. The summed E-state index contributed by atoms with van der Waals surface area (Å²) in [7, 11) is 1.63. The molecule has 88 valence electrons. The van der Waals surface area contributed by atoms with Gasteiger partial charge in [0.2, 0.25) is 0 Å². The van der Waals surface area contributed by atoms with E-state index in [1.165, 1.54) is 0 Å². The normalized spacial score (nSPS) is 19.3. The van der Waals surface area contributed by atoms with Gasteiger partial charge in [-0.3, -0.25) is 0 Å². The molecule has 0 radical (unpaired) electrons. The lowest BCUT2D eigenvalue weighted by molar-refractivity contribution is 0.132. The van der Waals surface area contributed by atoms with Crippen LogP contribution in [0.2, 0.25) is 0 Å². The Morgan fingerprint density at radius 1 is 1.38 bits per heavy atom. The van der Waals surface area contributed by atoms with Gasteiger partial charge in [-0.25, -0.2) is 0 Å². The molecule has 1 unspecified atom stereocenters. The Morgan fingerprint density at radius 2 is 2.00 bits per heavy atom. The minimum Gasteiger partial charge on any atom is -0.496 e. The van der Waals surface area contributed by atoms with Crippen molar-refractivity contribution in [2.24, 2.45) is 5.73 Å². The molecule has 1 saturated carbocycles. The molecule has 0 bridgehead atoms. The van der Waals surface area contributed by atoms with E-state index in [2.05, 4.69) is 0 Å². The minimum absolute atomic E-state index is 0.437. The van der Waals surface area contributed by atoms with Gasteiger partial charge in [0.1, 0.15) is 11.9 Å². The van der Waals surface area contributed by atoms with Gasteiger partial charge in [0.05, 0.1) is 7.11 Å². The van der Waals surface area contributed by atoms with E-state index in [0.29, 0.717) is 0 Å². The predicted molar refractivity (Wildman–Crippen MR) is 63.6 cm³/mol. The van der Waals surface area contributed by atoms with Crippen molar-refractivity contribution in [2.45, 2.75) is 38.3 Å². The molecule has 1 aliphatic carbocycles. The zero-order valence-corrected chi connectivity index (χ0v) is 10.1. The Labute approximate surface area is 96.2 Å². The Balaban J connectivity index is 2.46. The lowest BCUT2D eigenvalue weighted by Crippen LogP contribution is -2.31. The second kappa shape index (κ2) is 3.75. The maximum absolute atomic E-state index is 10.3. The Morgan fingerprint density at radius 3 is 2.50 bits per heavy atom. The summed E-state index contributed by atoms with van der Waals surface area (Å²) in [6, 6.07) is 3.99. The lowest BCUT2D eigenvalue weighted by Gasteiger charge is -2.22. The van der Waals surface area contributed by atoms with Gasteiger partial charge in [-0.15, -0.1) is 0 Å². The van der Waals surface area contributed by atoms with E-state index in [9.17, 15) is 5.11 Å². The van der Waals surface area contributed by atoms with Crippen molar-refractivity contribution in [3.63, 3.8) is 0 Å². The average Bonchev–Trinajstić information content (AvgIpc) is 2.96. The van der Waals surface area contributed by atoms with E-state index in [0.717, 1.165) is 35.3 Å². The van der Waals surface area contributed by atoms with Gasteiger partial charge in [0.25, 0.3) is 0 Å². The van der Waals surface area contributed by atoms with E-state index in [-0.39, 0.29) is 0 Å². The quantitative estimate of drug-likeness (QED) is 0.818. The van der Waals surface area contributed by atoms with Crippen LogP contribution < -0.4 is 10.5 Å². The summed E-state index contributed by atoms with van der Waals surface area (Å²) in [6.07, 6.45) is 1.14. The molecule has 1 aliphatic rings. The average molecular weight is 221 g/mol. The van der Waals surface area contributed by atoms with E-state index in [1.54, 1.807) is 7.11 Å². The van der Waals surface area contributed by atoms with Crippen molar-refractivity contribution in [1.29, 1.82) is 0 Å². The summed E-state index contributed by atoms with van der Waals surface area (Å²) in [5, 5.41) is 10.3. The van der Waals surface area contributed by atoms with Crippen molar-refractivity contribution in [3.05, 3.63) is 28.8 Å². The molecule has 3 heteroatoms. The summed E-state index contributed by atoms with van der Waals surface area (Å²) in [4.78, 5) is 0. The van der Waals surface area contributed by atoms with Gasteiger partial charge in [-0.05, 0) is 43.9 Å². The second-order valence-corrected chi connectivity index (χ2v) is 4.83. The number of rotatable bonds is 3. The fraction of sp³-hybridized carbons (Fsp3) is 0.538. The summed E-state index contributed by atoms with van der Waals surface area (Å²) < 4.78 is 5.34. The van der Waals surface area contributed by atoms with Crippen molar-refractivity contribution in [2.75, 3.05) is 7.11 Å². The van der Waals surface area contributed by atoms with Crippen LogP contribution in [0.3, 0.4) is 0 Å². The number of hydrogen-bond acceptors (Lipinski definition) is 3. The van der Waals surface area contributed by atoms with Crippen LogP contribution in [0.5, 0.6) is 5.75 Å². The van der Waals surface area contributed by atoms with Crippen LogP contribution >= 0.6 is 0 Å². The fourth-order valence-corrected chi connectivity index (χ4v) is 2.16. The van der Waals surface area contributed by atoms with Crippen LogP contribution in [0.25, 0.3) is 0 Å². The topological polar surface area (TPSA) is 55.5 Å². The molecule has 0 aliphatic heterocycles. The zero-order chi connectivity index (χ0) is 11.9. The molecule has 0 heterocycles. The minimum atomic E-state index is -0.622. The molecular formula is C13H19NO2. The molecule has 0 aromatic heterocycles. The van der Waals surface area contributed by atoms with Crippen LogP contribution in [0.4, 0.5) is 0 Å². The first-order valence-electron chi connectivity index (χ1n) is 5.60. The molecular weight excluding hydrogens is 202 g/mol. The molecule has 1 atom stereocenters. The highest BCUT2D eigenvalue weighted by molar-refractivity contribution is 5.46. The molecule has 0 amide bonds. The van der Waals surface area contributed by atoms with E-state index in [4.69, 9.17) is 10.5 Å². The summed E-state index contributed by atoms with van der Waals surface area (Å²) in [5.41, 5.74) is 8.63. The summed E-state index contributed by atoms with van der Waals surface area (Å²) in [6.45, 7) is 4.00. The fourth-order valence-electron chi connectivity index (χ4n) is 2.16. The third kappa shape index (κ3) is 1.81. The molecule has 3 N–H and O–H groups in total. The first-order chi connectivity index (χ1) is 7.48. The van der Waals surface area contributed by atoms with Crippen LogP contribution in [0, 0.1) is 13.8 Å². The van der Waals surface area contributed by atoms with E-state index < -0.39 is 11.6 Å². The SMILES string of the molecule is COc1cc(C)cc(C)c1C(O)C1(N)CC1. The van der Waals surface area contributed by atoms with Crippen LogP contribution in [0.15, 0.2) is 12.1 Å². The number of aliphatic hydroxyl groups excluding tert-OH is 1. The Hall–Kier alpha value is -1.06. The van der Waals surface area contributed by atoms with Gasteiger partial charge < -0.3 is 15.6 Å². The zero-order valence-electron chi connectivity index (χ0n) is 10.1. The largest absolute Gasteiger partial charge is 0.496 e. The first-order valence-corrected chi connectivity index (χ1v) is 5.60. The number of methoxy groups -OCH3 is 1.